The van der Waals surface area contributed by atoms with Crippen molar-refractivity contribution >= 4 is 40.0 Å². The van der Waals surface area contributed by atoms with E-state index in [1.165, 1.54) is 23.1 Å². The SMILES string of the molecule is CCOC(=O)c1c(NC(=O)CSc2nc(C)nc(C)c2C#N)sc2c1CCC2. The van der Waals surface area contributed by atoms with Crippen LogP contribution in [0.4, 0.5) is 5.00 Å². The summed E-state index contributed by atoms with van der Waals surface area (Å²) in [7, 11) is 0. The Morgan fingerprint density at radius 1 is 1.32 bits per heavy atom. The maximum absolute atomic E-state index is 12.5. The van der Waals surface area contributed by atoms with E-state index in [1.54, 1.807) is 20.8 Å². The number of hydrogen-bond donors (Lipinski definition) is 1. The summed E-state index contributed by atoms with van der Waals surface area (Å²) in [6.45, 7) is 5.54. The number of nitrogens with zero attached hydrogens (tertiary/aromatic N) is 3. The maximum Gasteiger partial charge on any atom is 0.341 e. The summed E-state index contributed by atoms with van der Waals surface area (Å²) in [5, 5.41) is 13.2. The second kappa shape index (κ2) is 8.71. The summed E-state index contributed by atoms with van der Waals surface area (Å²) >= 11 is 2.63. The molecule has 3 rings (SSSR count). The molecule has 0 aliphatic heterocycles. The number of carbonyl (C=O) groups excluding carboxylic acids is 2. The molecule has 28 heavy (non-hydrogen) atoms. The molecule has 1 aliphatic carbocycles. The molecule has 0 aromatic carbocycles. The molecule has 2 heterocycles. The average molecular weight is 417 g/mol. The molecule has 0 spiro atoms. The van der Waals surface area contributed by atoms with Gasteiger partial charge < -0.3 is 10.1 Å². The second-order valence-electron chi connectivity index (χ2n) is 6.27. The van der Waals surface area contributed by atoms with E-state index in [0.717, 1.165) is 29.7 Å². The number of amides is 1. The minimum atomic E-state index is -0.390. The Kier molecular flexibility index (Phi) is 6.31. The number of aromatic nitrogens is 2. The van der Waals surface area contributed by atoms with Gasteiger partial charge >= 0.3 is 5.97 Å². The van der Waals surface area contributed by atoms with E-state index in [1.807, 2.05) is 0 Å². The number of aryl methyl sites for hydroxylation is 3. The van der Waals surface area contributed by atoms with Gasteiger partial charge in [-0.2, -0.15) is 5.26 Å². The molecule has 0 radical (unpaired) electrons. The van der Waals surface area contributed by atoms with E-state index in [-0.39, 0.29) is 18.3 Å². The monoisotopic (exact) mass is 416 g/mol. The second-order valence-corrected chi connectivity index (χ2v) is 8.34. The van der Waals surface area contributed by atoms with E-state index in [4.69, 9.17) is 4.74 Å². The molecule has 7 nitrogen and oxygen atoms in total. The number of fused-ring (bicyclic) bond motifs is 1. The van der Waals surface area contributed by atoms with E-state index in [2.05, 4.69) is 21.4 Å². The molecule has 1 amide bonds. The first kappa shape index (κ1) is 20.3. The minimum absolute atomic E-state index is 0.0788. The third kappa shape index (κ3) is 4.18. The Labute approximate surface area is 171 Å². The van der Waals surface area contributed by atoms with Crippen LogP contribution in [0.15, 0.2) is 5.03 Å². The predicted molar refractivity (Wildman–Crippen MR) is 108 cm³/mol. The lowest BCUT2D eigenvalue weighted by Crippen LogP contribution is -2.17. The first-order valence-corrected chi connectivity index (χ1v) is 10.7. The van der Waals surface area contributed by atoms with Gasteiger partial charge in [-0.15, -0.1) is 11.3 Å². The number of thioether (sulfide) groups is 1. The highest BCUT2D eigenvalue weighted by Gasteiger charge is 2.28. The number of hydrogen-bond acceptors (Lipinski definition) is 8. The fourth-order valence-corrected chi connectivity index (χ4v) is 5.29. The number of ether oxygens (including phenoxy) is 1. The van der Waals surface area contributed by atoms with Crippen LogP contribution in [0.5, 0.6) is 0 Å². The van der Waals surface area contributed by atoms with Crippen molar-refractivity contribution in [3.63, 3.8) is 0 Å². The van der Waals surface area contributed by atoms with Crippen molar-refractivity contribution in [2.24, 2.45) is 0 Å². The number of thiophene rings is 1. The molecule has 2 aromatic heterocycles. The van der Waals surface area contributed by atoms with Crippen molar-refractivity contribution in [2.75, 3.05) is 17.7 Å². The number of rotatable bonds is 6. The van der Waals surface area contributed by atoms with Gasteiger partial charge in [0.2, 0.25) is 5.91 Å². The van der Waals surface area contributed by atoms with Crippen LogP contribution in [-0.4, -0.2) is 34.2 Å². The highest BCUT2D eigenvalue weighted by molar-refractivity contribution is 8.00. The van der Waals surface area contributed by atoms with Crippen molar-refractivity contribution in [1.82, 2.24) is 9.97 Å². The first-order chi connectivity index (χ1) is 13.4. The summed E-state index contributed by atoms with van der Waals surface area (Å²) in [5.41, 5.74) is 2.47. The lowest BCUT2D eigenvalue weighted by Gasteiger charge is -2.09. The van der Waals surface area contributed by atoms with E-state index < -0.39 is 5.97 Å². The van der Waals surface area contributed by atoms with Crippen LogP contribution in [0.2, 0.25) is 0 Å². The number of carbonyl (C=O) groups is 2. The maximum atomic E-state index is 12.5. The van der Waals surface area contributed by atoms with Gasteiger partial charge in [-0.05, 0) is 45.6 Å². The molecule has 0 saturated carbocycles. The fourth-order valence-electron chi connectivity index (χ4n) is 3.12. The van der Waals surface area contributed by atoms with Gasteiger partial charge in [-0.1, -0.05) is 11.8 Å². The summed E-state index contributed by atoms with van der Waals surface area (Å²) in [5.74, 6) is -0.0132. The van der Waals surface area contributed by atoms with Crippen molar-refractivity contribution in [3.05, 3.63) is 33.1 Å². The van der Waals surface area contributed by atoms with Crippen LogP contribution < -0.4 is 5.32 Å². The Morgan fingerprint density at radius 3 is 2.82 bits per heavy atom. The molecule has 146 valence electrons. The Bertz CT molecular complexity index is 979. The lowest BCUT2D eigenvalue weighted by molar-refractivity contribution is -0.113. The van der Waals surface area contributed by atoms with Gasteiger partial charge in [0.25, 0.3) is 0 Å². The van der Waals surface area contributed by atoms with Gasteiger partial charge in [0.15, 0.2) is 0 Å². The first-order valence-electron chi connectivity index (χ1n) is 8.94. The zero-order valence-corrected chi connectivity index (χ0v) is 17.6. The van der Waals surface area contributed by atoms with Crippen LogP contribution in [-0.2, 0) is 22.4 Å². The van der Waals surface area contributed by atoms with Crippen LogP contribution in [0.1, 0.15) is 51.2 Å². The molecule has 0 atom stereocenters. The smallest absolute Gasteiger partial charge is 0.341 e. The van der Waals surface area contributed by atoms with Crippen molar-refractivity contribution < 1.29 is 14.3 Å². The molecular formula is C19H20N4O3S2. The van der Waals surface area contributed by atoms with Gasteiger partial charge in [0.1, 0.15) is 27.5 Å². The highest BCUT2D eigenvalue weighted by atomic mass is 32.2. The fraction of sp³-hybridized carbons (Fsp3) is 0.421. The molecule has 0 saturated heterocycles. The Hall–Kier alpha value is -2.44. The molecule has 0 unspecified atom stereocenters. The lowest BCUT2D eigenvalue weighted by atomic mass is 10.1. The number of nitriles is 1. The van der Waals surface area contributed by atoms with Crippen molar-refractivity contribution in [1.29, 1.82) is 5.26 Å². The van der Waals surface area contributed by atoms with Crippen molar-refractivity contribution in [3.8, 4) is 6.07 Å². The van der Waals surface area contributed by atoms with Gasteiger partial charge in [-0.3, -0.25) is 4.79 Å². The van der Waals surface area contributed by atoms with Gasteiger partial charge in [-0.25, -0.2) is 14.8 Å². The standard InChI is InChI=1S/C19H20N4O3S2/c1-4-26-19(25)16-12-6-5-7-14(12)28-18(16)23-15(24)9-27-17-13(8-20)10(2)21-11(3)22-17/h4-7,9H2,1-3H3,(H,23,24). The highest BCUT2D eigenvalue weighted by Crippen LogP contribution is 2.39. The Morgan fingerprint density at radius 2 is 2.11 bits per heavy atom. The van der Waals surface area contributed by atoms with Crippen LogP contribution >= 0.6 is 23.1 Å². The van der Waals surface area contributed by atoms with Gasteiger partial charge in [0.05, 0.1) is 23.6 Å². The number of anilines is 1. The van der Waals surface area contributed by atoms with Gasteiger partial charge in [0, 0.05) is 4.88 Å². The Balaban J connectivity index is 1.75. The van der Waals surface area contributed by atoms with E-state index in [0.29, 0.717) is 32.7 Å². The van der Waals surface area contributed by atoms with Crippen LogP contribution in [0.25, 0.3) is 0 Å². The van der Waals surface area contributed by atoms with Crippen molar-refractivity contribution in [2.45, 2.75) is 45.1 Å². The third-order valence-electron chi connectivity index (χ3n) is 4.27. The molecule has 0 fully saturated rings. The summed E-state index contributed by atoms with van der Waals surface area (Å²) in [6.07, 6.45) is 2.76. The van der Waals surface area contributed by atoms with E-state index >= 15 is 0 Å². The molecule has 2 aromatic rings. The van der Waals surface area contributed by atoms with E-state index in [9.17, 15) is 14.9 Å². The minimum Gasteiger partial charge on any atom is -0.462 e. The molecule has 0 bridgehead atoms. The summed E-state index contributed by atoms with van der Waals surface area (Å²) in [6, 6.07) is 2.09. The quantitative estimate of drug-likeness (QED) is 0.437. The summed E-state index contributed by atoms with van der Waals surface area (Å²) < 4.78 is 5.18. The number of nitrogens with one attached hydrogen (secondary N) is 1. The van der Waals surface area contributed by atoms with Crippen LogP contribution in [0.3, 0.4) is 0 Å². The molecule has 1 N–H and O–H groups in total. The normalized spacial score (nSPS) is 12.4. The zero-order chi connectivity index (χ0) is 20.3. The number of esters is 1. The summed E-state index contributed by atoms with van der Waals surface area (Å²) in [4.78, 5) is 34.5. The zero-order valence-electron chi connectivity index (χ0n) is 15.9. The van der Waals surface area contributed by atoms with Crippen LogP contribution in [0, 0.1) is 25.2 Å². The molecule has 1 aliphatic rings. The molecular weight excluding hydrogens is 396 g/mol. The molecule has 9 heteroatoms. The largest absolute Gasteiger partial charge is 0.462 e. The topological polar surface area (TPSA) is 105 Å². The third-order valence-corrected chi connectivity index (χ3v) is 6.46. The predicted octanol–water partition coefficient (Wildman–Crippen LogP) is 3.42. The average Bonchev–Trinajstić information content (AvgIpc) is 3.20.